The largest absolute Gasteiger partial charge is 0.356 e. The average Bonchev–Trinajstić information content (AvgIpc) is 3.33. The standard InChI is InChI=1S/C19H28N4O2S/c1-2-22-17-12-13(18(24)20-9-7-14-4-3-11-26-14)5-6-15(17)23-16(19(22)25)8-10-21-23/h3-4,11,13,15-17,21H,2,5-10,12H2,1H3,(H,20,24). The highest BCUT2D eigenvalue weighted by Gasteiger charge is 2.50. The van der Waals surface area contributed by atoms with Crippen molar-refractivity contribution in [2.75, 3.05) is 19.6 Å². The molecule has 4 rings (SSSR count). The molecule has 0 aromatic carbocycles. The third-order valence-corrected chi connectivity index (χ3v) is 7.05. The molecule has 1 aromatic heterocycles. The van der Waals surface area contributed by atoms with Crippen molar-refractivity contribution in [3.05, 3.63) is 22.4 Å². The first-order chi connectivity index (χ1) is 12.7. The highest BCUT2D eigenvalue weighted by molar-refractivity contribution is 7.09. The van der Waals surface area contributed by atoms with Gasteiger partial charge in [0.2, 0.25) is 11.8 Å². The summed E-state index contributed by atoms with van der Waals surface area (Å²) in [5.74, 6) is 0.401. The summed E-state index contributed by atoms with van der Waals surface area (Å²) in [5, 5.41) is 7.38. The van der Waals surface area contributed by atoms with Crippen molar-refractivity contribution in [1.29, 1.82) is 0 Å². The molecule has 7 heteroatoms. The van der Waals surface area contributed by atoms with Crippen LogP contribution < -0.4 is 10.7 Å². The van der Waals surface area contributed by atoms with Crippen molar-refractivity contribution in [3.8, 4) is 0 Å². The molecule has 0 spiro atoms. The van der Waals surface area contributed by atoms with Crippen LogP contribution in [0.25, 0.3) is 0 Å². The number of hydrazine groups is 1. The molecule has 3 aliphatic rings. The minimum atomic E-state index is -0.00706. The van der Waals surface area contributed by atoms with E-state index in [4.69, 9.17) is 0 Å². The molecule has 0 radical (unpaired) electrons. The first kappa shape index (κ1) is 17.9. The maximum absolute atomic E-state index is 12.8. The van der Waals surface area contributed by atoms with Gasteiger partial charge in [0.15, 0.2) is 0 Å². The Hall–Kier alpha value is -1.44. The number of likely N-dealkylation sites (N-methyl/N-ethyl adjacent to an activating group) is 1. The quantitative estimate of drug-likeness (QED) is 0.815. The molecule has 2 saturated heterocycles. The Balaban J connectivity index is 1.37. The molecule has 26 heavy (non-hydrogen) atoms. The maximum atomic E-state index is 12.8. The summed E-state index contributed by atoms with van der Waals surface area (Å²) in [6.45, 7) is 4.36. The van der Waals surface area contributed by atoms with Crippen LogP contribution in [0.3, 0.4) is 0 Å². The van der Waals surface area contributed by atoms with Crippen LogP contribution in [-0.4, -0.2) is 59.5 Å². The third kappa shape index (κ3) is 3.28. The van der Waals surface area contributed by atoms with E-state index in [0.717, 1.165) is 45.2 Å². The zero-order chi connectivity index (χ0) is 18.1. The molecule has 1 aromatic rings. The van der Waals surface area contributed by atoms with Gasteiger partial charge in [-0.25, -0.2) is 5.01 Å². The van der Waals surface area contributed by atoms with Gasteiger partial charge in [-0.2, -0.15) is 0 Å². The molecule has 4 unspecified atom stereocenters. The summed E-state index contributed by atoms with van der Waals surface area (Å²) in [6.07, 6.45) is 4.44. The van der Waals surface area contributed by atoms with Crippen molar-refractivity contribution in [3.63, 3.8) is 0 Å². The molecule has 3 fully saturated rings. The summed E-state index contributed by atoms with van der Waals surface area (Å²) < 4.78 is 0. The number of rotatable bonds is 5. The molecule has 6 nitrogen and oxygen atoms in total. The van der Waals surface area contributed by atoms with Gasteiger partial charge >= 0.3 is 0 Å². The van der Waals surface area contributed by atoms with Gasteiger partial charge in [0.05, 0.1) is 0 Å². The van der Waals surface area contributed by atoms with E-state index in [0.29, 0.717) is 12.6 Å². The summed E-state index contributed by atoms with van der Waals surface area (Å²) in [7, 11) is 0. The number of hydrogen-bond acceptors (Lipinski definition) is 5. The Kier molecular flexibility index (Phi) is 5.29. The van der Waals surface area contributed by atoms with Gasteiger partial charge in [0, 0.05) is 42.5 Å². The van der Waals surface area contributed by atoms with Crippen LogP contribution in [0.1, 0.15) is 37.5 Å². The molecule has 142 valence electrons. The number of carbonyl (C=O) groups excluding carboxylic acids is 2. The van der Waals surface area contributed by atoms with Crippen LogP contribution in [-0.2, 0) is 16.0 Å². The van der Waals surface area contributed by atoms with Crippen LogP contribution in [0.15, 0.2) is 17.5 Å². The second kappa shape index (κ2) is 7.66. The van der Waals surface area contributed by atoms with E-state index in [9.17, 15) is 9.59 Å². The third-order valence-electron chi connectivity index (χ3n) is 6.12. The second-order valence-electron chi connectivity index (χ2n) is 7.51. The molecule has 2 amide bonds. The monoisotopic (exact) mass is 376 g/mol. The van der Waals surface area contributed by atoms with Crippen LogP contribution in [0.4, 0.5) is 0 Å². The minimum Gasteiger partial charge on any atom is -0.356 e. The number of thiophene rings is 1. The Morgan fingerprint density at radius 3 is 3.00 bits per heavy atom. The van der Waals surface area contributed by atoms with Crippen LogP contribution in [0.2, 0.25) is 0 Å². The van der Waals surface area contributed by atoms with Crippen molar-refractivity contribution in [2.24, 2.45) is 5.92 Å². The summed E-state index contributed by atoms with van der Waals surface area (Å²) in [6, 6.07) is 4.63. The fourth-order valence-corrected chi connectivity index (χ4v) is 5.56. The van der Waals surface area contributed by atoms with E-state index in [1.54, 1.807) is 11.3 Å². The van der Waals surface area contributed by atoms with Crippen molar-refractivity contribution in [2.45, 2.75) is 57.2 Å². The minimum absolute atomic E-state index is 0.00706. The number of nitrogens with zero attached hydrogens (tertiary/aromatic N) is 2. The number of nitrogens with one attached hydrogen (secondary N) is 2. The van der Waals surface area contributed by atoms with Crippen LogP contribution in [0.5, 0.6) is 0 Å². The lowest BCUT2D eigenvalue weighted by atomic mass is 9.78. The molecule has 2 N–H and O–H groups in total. The lowest BCUT2D eigenvalue weighted by Crippen LogP contribution is -2.68. The zero-order valence-electron chi connectivity index (χ0n) is 15.3. The van der Waals surface area contributed by atoms with Gasteiger partial charge in [-0.05, 0) is 50.5 Å². The molecule has 2 aliphatic heterocycles. The fourth-order valence-electron chi connectivity index (χ4n) is 4.85. The van der Waals surface area contributed by atoms with Crippen molar-refractivity contribution in [1.82, 2.24) is 20.7 Å². The molecule has 1 aliphatic carbocycles. The Labute approximate surface area is 158 Å². The van der Waals surface area contributed by atoms with Gasteiger partial charge in [0.1, 0.15) is 6.04 Å². The number of fused-ring (bicyclic) bond motifs is 3. The zero-order valence-corrected chi connectivity index (χ0v) is 16.1. The molecule has 1 saturated carbocycles. The van der Waals surface area contributed by atoms with Crippen molar-refractivity contribution < 1.29 is 9.59 Å². The van der Waals surface area contributed by atoms with Gasteiger partial charge < -0.3 is 10.2 Å². The van der Waals surface area contributed by atoms with Gasteiger partial charge in [-0.15, -0.1) is 11.3 Å². The average molecular weight is 377 g/mol. The van der Waals surface area contributed by atoms with Crippen molar-refractivity contribution >= 4 is 23.2 Å². The summed E-state index contributed by atoms with van der Waals surface area (Å²) in [4.78, 5) is 28.8. The van der Waals surface area contributed by atoms with E-state index in [2.05, 4.69) is 34.1 Å². The lowest BCUT2D eigenvalue weighted by Gasteiger charge is -2.51. The summed E-state index contributed by atoms with van der Waals surface area (Å²) in [5.41, 5.74) is 3.41. The number of piperazine rings is 1. The molecule has 4 atom stereocenters. The Morgan fingerprint density at radius 1 is 1.35 bits per heavy atom. The topological polar surface area (TPSA) is 64.7 Å². The molecular formula is C19H28N4O2S. The van der Waals surface area contributed by atoms with Gasteiger partial charge in [-0.1, -0.05) is 6.07 Å². The predicted octanol–water partition coefficient (Wildman–Crippen LogP) is 1.39. The SMILES string of the molecule is CCN1C(=O)C2CCNN2C2CCC(C(=O)NCCc3cccs3)CC21. The fraction of sp³-hybridized carbons (Fsp3) is 0.684. The number of hydrogen-bond donors (Lipinski definition) is 2. The highest BCUT2D eigenvalue weighted by atomic mass is 32.1. The van der Waals surface area contributed by atoms with E-state index >= 15 is 0 Å². The maximum Gasteiger partial charge on any atom is 0.241 e. The second-order valence-corrected chi connectivity index (χ2v) is 8.54. The van der Waals surface area contributed by atoms with E-state index in [1.807, 2.05) is 11.0 Å². The molecule has 3 heterocycles. The van der Waals surface area contributed by atoms with Crippen LogP contribution in [0, 0.1) is 5.92 Å². The van der Waals surface area contributed by atoms with Gasteiger partial charge in [0.25, 0.3) is 0 Å². The smallest absolute Gasteiger partial charge is 0.241 e. The summed E-state index contributed by atoms with van der Waals surface area (Å²) >= 11 is 1.73. The number of carbonyl (C=O) groups is 2. The molecule has 0 bridgehead atoms. The Morgan fingerprint density at radius 2 is 2.23 bits per heavy atom. The highest BCUT2D eigenvalue weighted by Crippen LogP contribution is 2.37. The normalized spacial score (nSPS) is 31.6. The van der Waals surface area contributed by atoms with E-state index < -0.39 is 0 Å². The predicted molar refractivity (Wildman–Crippen MR) is 102 cm³/mol. The first-order valence-corrected chi connectivity index (χ1v) is 10.7. The van der Waals surface area contributed by atoms with E-state index in [1.165, 1.54) is 4.88 Å². The van der Waals surface area contributed by atoms with Crippen LogP contribution >= 0.6 is 11.3 Å². The number of amides is 2. The molecular weight excluding hydrogens is 348 g/mol. The van der Waals surface area contributed by atoms with Gasteiger partial charge in [-0.3, -0.25) is 15.0 Å². The first-order valence-electron chi connectivity index (χ1n) is 9.81. The lowest BCUT2D eigenvalue weighted by molar-refractivity contribution is -0.155. The van der Waals surface area contributed by atoms with E-state index in [-0.39, 0.29) is 29.8 Å². The Bertz CT molecular complexity index is 650.